The first-order valence-electron chi connectivity index (χ1n) is 7.66. The van der Waals surface area contributed by atoms with Crippen molar-refractivity contribution in [3.8, 4) is 0 Å². The third-order valence-corrected chi connectivity index (χ3v) is 4.36. The van der Waals surface area contributed by atoms with Crippen molar-refractivity contribution in [2.75, 3.05) is 5.32 Å². The van der Waals surface area contributed by atoms with E-state index in [1.54, 1.807) is 6.07 Å². The highest BCUT2D eigenvalue weighted by molar-refractivity contribution is 6.31. The van der Waals surface area contributed by atoms with Crippen molar-refractivity contribution >= 4 is 34.0 Å². The highest BCUT2D eigenvalue weighted by Crippen LogP contribution is 2.22. The van der Waals surface area contributed by atoms with Crippen LogP contribution < -0.4 is 5.32 Å². The van der Waals surface area contributed by atoms with Gasteiger partial charge in [0.15, 0.2) is 0 Å². The van der Waals surface area contributed by atoms with Gasteiger partial charge in [0.1, 0.15) is 0 Å². The smallest absolute Gasteiger partial charge is 0.224 e. The van der Waals surface area contributed by atoms with Crippen LogP contribution in [0.3, 0.4) is 0 Å². The van der Waals surface area contributed by atoms with Gasteiger partial charge in [-0.25, -0.2) is 0 Å². The molecule has 0 spiro atoms. The number of carbonyl (C=O) groups excluding carboxylic acids is 1. The van der Waals surface area contributed by atoms with Crippen molar-refractivity contribution in [1.82, 2.24) is 0 Å². The summed E-state index contributed by atoms with van der Waals surface area (Å²) in [5.41, 5.74) is 2.93. The second-order valence-electron chi connectivity index (χ2n) is 5.65. The van der Waals surface area contributed by atoms with Gasteiger partial charge in [-0.1, -0.05) is 60.1 Å². The summed E-state index contributed by atoms with van der Waals surface area (Å²) in [6.45, 7) is 1.94. The fourth-order valence-corrected chi connectivity index (χ4v) is 2.83. The molecular weight excluding hydrogens is 306 g/mol. The molecule has 0 fully saturated rings. The zero-order chi connectivity index (χ0) is 16.2. The number of halogens is 1. The Morgan fingerprint density at radius 3 is 2.65 bits per heavy atom. The number of benzene rings is 3. The summed E-state index contributed by atoms with van der Waals surface area (Å²) >= 11 is 6.08. The van der Waals surface area contributed by atoms with Crippen molar-refractivity contribution in [3.63, 3.8) is 0 Å². The minimum absolute atomic E-state index is 0.00199. The van der Waals surface area contributed by atoms with Crippen LogP contribution >= 0.6 is 11.6 Å². The van der Waals surface area contributed by atoms with Crippen LogP contribution in [0.15, 0.2) is 60.7 Å². The van der Waals surface area contributed by atoms with Gasteiger partial charge >= 0.3 is 0 Å². The number of hydrogen-bond acceptors (Lipinski definition) is 1. The van der Waals surface area contributed by atoms with E-state index >= 15 is 0 Å². The summed E-state index contributed by atoms with van der Waals surface area (Å²) in [5, 5.41) is 5.98. The molecule has 0 aromatic heterocycles. The quantitative estimate of drug-likeness (QED) is 0.686. The number of carbonyl (C=O) groups is 1. The molecule has 0 radical (unpaired) electrons. The lowest BCUT2D eigenvalue weighted by Gasteiger charge is -2.08. The van der Waals surface area contributed by atoms with E-state index in [0.29, 0.717) is 17.9 Å². The average Bonchev–Trinajstić information content (AvgIpc) is 2.56. The lowest BCUT2D eigenvalue weighted by atomic mass is 10.0. The number of fused-ring (bicyclic) bond motifs is 1. The Labute approximate surface area is 141 Å². The topological polar surface area (TPSA) is 29.1 Å². The van der Waals surface area contributed by atoms with E-state index in [4.69, 9.17) is 11.6 Å². The fraction of sp³-hybridized carbons (Fsp3) is 0.150. The van der Waals surface area contributed by atoms with Crippen LogP contribution in [-0.4, -0.2) is 5.91 Å². The Kier molecular flexibility index (Phi) is 4.63. The van der Waals surface area contributed by atoms with Gasteiger partial charge in [0, 0.05) is 17.1 Å². The van der Waals surface area contributed by atoms with E-state index in [2.05, 4.69) is 29.6 Å². The highest BCUT2D eigenvalue weighted by atomic mass is 35.5. The minimum Gasteiger partial charge on any atom is -0.326 e. The van der Waals surface area contributed by atoms with Crippen LogP contribution in [0.25, 0.3) is 10.8 Å². The van der Waals surface area contributed by atoms with Crippen molar-refractivity contribution in [3.05, 3.63) is 76.8 Å². The second-order valence-corrected chi connectivity index (χ2v) is 6.06. The van der Waals surface area contributed by atoms with E-state index in [0.717, 1.165) is 11.3 Å². The molecule has 2 nitrogen and oxygen atoms in total. The second kappa shape index (κ2) is 6.84. The normalized spacial score (nSPS) is 10.7. The molecule has 0 aliphatic carbocycles. The Morgan fingerprint density at radius 1 is 1.04 bits per heavy atom. The number of anilines is 1. The number of amides is 1. The predicted molar refractivity (Wildman–Crippen MR) is 97.1 cm³/mol. The molecule has 0 aliphatic heterocycles. The monoisotopic (exact) mass is 323 g/mol. The molecule has 0 bridgehead atoms. The molecule has 3 heteroatoms. The molecule has 0 unspecified atom stereocenters. The molecule has 116 valence electrons. The first-order valence-corrected chi connectivity index (χ1v) is 8.04. The summed E-state index contributed by atoms with van der Waals surface area (Å²) in [7, 11) is 0. The molecule has 1 N–H and O–H groups in total. The van der Waals surface area contributed by atoms with Crippen LogP contribution in [0.4, 0.5) is 5.69 Å². The first kappa shape index (κ1) is 15.6. The maximum atomic E-state index is 12.2. The van der Waals surface area contributed by atoms with Crippen molar-refractivity contribution < 1.29 is 4.79 Å². The van der Waals surface area contributed by atoms with Crippen LogP contribution in [-0.2, 0) is 11.2 Å². The van der Waals surface area contributed by atoms with Crippen LogP contribution in [0, 0.1) is 6.92 Å². The lowest BCUT2D eigenvalue weighted by Crippen LogP contribution is -2.12. The Morgan fingerprint density at radius 2 is 1.83 bits per heavy atom. The molecule has 23 heavy (non-hydrogen) atoms. The van der Waals surface area contributed by atoms with Gasteiger partial charge < -0.3 is 5.32 Å². The third-order valence-electron chi connectivity index (χ3n) is 3.96. The van der Waals surface area contributed by atoms with Gasteiger partial charge in [-0.3, -0.25) is 4.79 Å². The zero-order valence-corrected chi connectivity index (χ0v) is 13.7. The Bertz CT molecular complexity index is 852. The maximum absolute atomic E-state index is 12.2. The van der Waals surface area contributed by atoms with E-state index in [9.17, 15) is 4.79 Å². The Balaban J connectivity index is 1.67. The SMILES string of the molecule is Cc1ccc(NC(=O)CCc2cccc3ccccc23)cc1Cl. The standard InChI is InChI=1S/C20H18ClNO/c1-14-9-11-17(13-19(14)21)22-20(23)12-10-16-7-4-6-15-5-2-3-8-18(15)16/h2-9,11,13H,10,12H2,1H3,(H,22,23). The van der Waals surface area contributed by atoms with E-state index < -0.39 is 0 Å². The number of hydrogen-bond donors (Lipinski definition) is 1. The highest BCUT2D eigenvalue weighted by Gasteiger charge is 2.06. The summed E-state index contributed by atoms with van der Waals surface area (Å²) in [6, 6.07) is 20.0. The summed E-state index contributed by atoms with van der Waals surface area (Å²) in [6.07, 6.45) is 1.16. The Hall–Kier alpha value is -2.32. The average molecular weight is 324 g/mol. The van der Waals surface area contributed by atoms with Gasteiger partial charge in [0.25, 0.3) is 0 Å². The molecule has 0 saturated carbocycles. The van der Waals surface area contributed by atoms with Crippen LogP contribution in [0.5, 0.6) is 0 Å². The minimum atomic E-state index is -0.00199. The van der Waals surface area contributed by atoms with Crippen LogP contribution in [0.1, 0.15) is 17.5 Å². The van der Waals surface area contributed by atoms with E-state index in [1.165, 1.54) is 16.3 Å². The van der Waals surface area contributed by atoms with Crippen molar-refractivity contribution in [2.45, 2.75) is 19.8 Å². The van der Waals surface area contributed by atoms with Gasteiger partial charge in [-0.15, -0.1) is 0 Å². The number of nitrogens with one attached hydrogen (secondary N) is 1. The lowest BCUT2D eigenvalue weighted by molar-refractivity contribution is -0.116. The predicted octanol–water partition coefficient (Wildman–Crippen LogP) is 5.37. The van der Waals surface area contributed by atoms with E-state index in [1.807, 2.05) is 37.3 Å². The third kappa shape index (κ3) is 3.72. The zero-order valence-electron chi connectivity index (χ0n) is 13.0. The molecule has 0 heterocycles. The van der Waals surface area contributed by atoms with Crippen molar-refractivity contribution in [2.24, 2.45) is 0 Å². The summed E-state index contributed by atoms with van der Waals surface area (Å²) < 4.78 is 0. The summed E-state index contributed by atoms with van der Waals surface area (Å²) in [5.74, 6) is -0.00199. The molecule has 1 amide bonds. The molecule has 3 rings (SSSR count). The molecule has 0 saturated heterocycles. The van der Waals surface area contributed by atoms with Gasteiger partial charge in [-0.05, 0) is 47.4 Å². The van der Waals surface area contributed by atoms with E-state index in [-0.39, 0.29) is 5.91 Å². The van der Waals surface area contributed by atoms with Crippen molar-refractivity contribution in [1.29, 1.82) is 0 Å². The number of aryl methyl sites for hydroxylation is 2. The molecule has 0 atom stereocenters. The molecular formula is C20H18ClNO. The maximum Gasteiger partial charge on any atom is 0.224 e. The van der Waals surface area contributed by atoms with Gasteiger partial charge in [0.2, 0.25) is 5.91 Å². The summed E-state index contributed by atoms with van der Waals surface area (Å²) in [4.78, 5) is 12.2. The van der Waals surface area contributed by atoms with Gasteiger partial charge in [0.05, 0.1) is 0 Å². The fourth-order valence-electron chi connectivity index (χ4n) is 2.65. The van der Waals surface area contributed by atoms with Gasteiger partial charge in [-0.2, -0.15) is 0 Å². The largest absolute Gasteiger partial charge is 0.326 e. The number of rotatable bonds is 4. The molecule has 3 aromatic carbocycles. The molecule has 0 aliphatic rings. The van der Waals surface area contributed by atoms with Crippen LogP contribution in [0.2, 0.25) is 5.02 Å². The molecule has 3 aromatic rings. The first-order chi connectivity index (χ1) is 11.1.